The van der Waals surface area contributed by atoms with Crippen molar-refractivity contribution >= 4 is 46.2 Å². The predicted molar refractivity (Wildman–Crippen MR) is 177 cm³/mol. The zero-order valence-corrected chi connectivity index (χ0v) is 30.0. The molecule has 2 aromatic rings. The number of halogens is 3. The van der Waals surface area contributed by atoms with Crippen molar-refractivity contribution in [2.24, 2.45) is 5.92 Å². The van der Waals surface area contributed by atoms with Gasteiger partial charge in [0, 0.05) is 13.1 Å². The van der Waals surface area contributed by atoms with Crippen molar-refractivity contribution in [1.29, 1.82) is 0 Å². The SMILES string of the molecule is CC(C)(C)OC(=O)N1CCC(CCCOc2cccc(CC(=O)Nc3nnc(C4=C(NC(=O)C(F)(F)F)NON4C(=O)OC(C)(C)C)s3)c2)CC1. The van der Waals surface area contributed by atoms with E-state index in [1.165, 1.54) is 0 Å². The van der Waals surface area contributed by atoms with Crippen LogP contribution in [0.1, 0.15) is 77.8 Å². The number of aromatic nitrogens is 2. The van der Waals surface area contributed by atoms with Gasteiger partial charge in [-0.3, -0.25) is 9.59 Å². The quantitative estimate of drug-likeness (QED) is 0.262. The number of anilines is 1. The molecule has 1 aromatic carbocycles. The molecular formula is C32H42F3N7O8S. The van der Waals surface area contributed by atoms with Gasteiger partial charge in [-0.2, -0.15) is 13.2 Å². The van der Waals surface area contributed by atoms with Crippen LogP contribution in [0.5, 0.6) is 5.75 Å². The second-order valence-electron chi connectivity index (χ2n) is 13.8. The lowest BCUT2D eigenvalue weighted by molar-refractivity contribution is -0.173. The van der Waals surface area contributed by atoms with Gasteiger partial charge < -0.3 is 29.7 Å². The summed E-state index contributed by atoms with van der Waals surface area (Å²) in [5.74, 6) is -2.37. The van der Waals surface area contributed by atoms with Crippen molar-refractivity contribution in [1.82, 2.24) is 31.0 Å². The van der Waals surface area contributed by atoms with Gasteiger partial charge in [0.25, 0.3) is 0 Å². The second kappa shape index (κ2) is 16.1. The lowest BCUT2D eigenvalue weighted by Gasteiger charge is -2.33. The van der Waals surface area contributed by atoms with Crippen molar-refractivity contribution in [3.63, 3.8) is 0 Å². The fourth-order valence-corrected chi connectivity index (χ4v) is 5.73. The van der Waals surface area contributed by atoms with E-state index in [-0.39, 0.29) is 22.7 Å². The number of carbonyl (C=O) groups is 4. The maximum atomic E-state index is 13.0. The highest BCUT2D eigenvalue weighted by atomic mass is 32.1. The van der Waals surface area contributed by atoms with Gasteiger partial charge in [0.15, 0.2) is 16.5 Å². The zero-order chi connectivity index (χ0) is 37.6. The van der Waals surface area contributed by atoms with Crippen LogP contribution in [0.4, 0.5) is 27.9 Å². The van der Waals surface area contributed by atoms with Crippen molar-refractivity contribution in [3.05, 3.63) is 40.7 Å². The van der Waals surface area contributed by atoms with Crippen LogP contribution in [0, 0.1) is 5.92 Å². The Labute approximate surface area is 296 Å². The number of rotatable bonds is 10. The number of nitrogens with one attached hydrogen (secondary N) is 3. The maximum absolute atomic E-state index is 13.0. The van der Waals surface area contributed by atoms with E-state index in [9.17, 15) is 32.3 Å². The highest BCUT2D eigenvalue weighted by Crippen LogP contribution is 2.32. The first-order chi connectivity index (χ1) is 23.8. The number of hydrogen-bond acceptors (Lipinski definition) is 12. The highest BCUT2D eigenvalue weighted by molar-refractivity contribution is 7.16. The molecule has 4 rings (SSSR count). The average Bonchev–Trinajstić information content (AvgIpc) is 3.64. The van der Waals surface area contributed by atoms with E-state index in [1.807, 2.05) is 20.8 Å². The van der Waals surface area contributed by atoms with E-state index in [0.29, 0.717) is 53.3 Å². The van der Waals surface area contributed by atoms with Gasteiger partial charge in [-0.05, 0) is 90.8 Å². The first kappa shape index (κ1) is 39.1. The third-order valence-electron chi connectivity index (χ3n) is 7.16. The standard InChI is InChI=1S/C32H42F3N7O8S/c1-30(2,3)48-28(45)41-14-12-19(13-15-41)10-8-16-47-21-11-7-9-20(17-21)18-22(43)36-27-39-38-25(51-27)23-24(37-26(44)32(33,34)35)40-50-42(23)29(46)49-31(4,5)6/h7,9,11,17,19,40H,8,10,12-16,18H2,1-6H3,(H,37,44)(H,36,39,43). The van der Waals surface area contributed by atoms with Gasteiger partial charge >= 0.3 is 24.3 Å². The maximum Gasteiger partial charge on any atom is 0.471 e. The number of hydrogen-bond donors (Lipinski definition) is 3. The molecule has 1 saturated heterocycles. The Morgan fingerprint density at radius 3 is 2.29 bits per heavy atom. The molecule has 280 valence electrons. The Hall–Kier alpha value is -4.65. The zero-order valence-electron chi connectivity index (χ0n) is 29.1. The minimum atomic E-state index is -5.24. The Balaban J connectivity index is 1.29. The van der Waals surface area contributed by atoms with Crippen molar-refractivity contribution in [3.8, 4) is 5.75 Å². The summed E-state index contributed by atoms with van der Waals surface area (Å²) in [4.78, 5) is 56.3. The molecule has 3 heterocycles. The number of ether oxygens (including phenoxy) is 3. The summed E-state index contributed by atoms with van der Waals surface area (Å²) < 4.78 is 55.5. The molecule has 1 aromatic heterocycles. The van der Waals surface area contributed by atoms with Gasteiger partial charge in [-0.15, -0.1) is 20.2 Å². The summed E-state index contributed by atoms with van der Waals surface area (Å²) in [6, 6.07) is 7.03. The van der Waals surface area contributed by atoms with E-state index in [2.05, 4.69) is 21.0 Å². The van der Waals surface area contributed by atoms with Crippen LogP contribution in [-0.4, -0.2) is 81.2 Å². The number of piperidine rings is 1. The molecule has 2 aliphatic heterocycles. The van der Waals surface area contributed by atoms with Crippen LogP contribution in [-0.2, 0) is 30.4 Å². The summed E-state index contributed by atoms with van der Waals surface area (Å²) in [5.41, 5.74) is 0.754. The molecule has 51 heavy (non-hydrogen) atoms. The van der Waals surface area contributed by atoms with Crippen molar-refractivity contribution in [2.45, 2.75) is 91.0 Å². The van der Waals surface area contributed by atoms with E-state index >= 15 is 0 Å². The van der Waals surface area contributed by atoms with E-state index in [0.717, 1.165) is 25.7 Å². The minimum absolute atomic E-state index is 0.0376. The van der Waals surface area contributed by atoms with Gasteiger partial charge in [0.05, 0.1) is 13.0 Å². The Morgan fingerprint density at radius 1 is 0.980 bits per heavy atom. The molecule has 0 aliphatic carbocycles. The molecule has 15 nitrogen and oxygen atoms in total. The third-order valence-corrected chi connectivity index (χ3v) is 8.01. The lowest BCUT2D eigenvalue weighted by atomic mass is 9.92. The summed E-state index contributed by atoms with van der Waals surface area (Å²) in [6.45, 7) is 12.0. The lowest BCUT2D eigenvalue weighted by Crippen LogP contribution is -2.41. The topological polar surface area (TPSA) is 174 Å². The Morgan fingerprint density at radius 2 is 1.65 bits per heavy atom. The molecule has 4 amide bonds. The molecule has 0 bridgehead atoms. The number of hydroxylamine groups is 3. The number of carbonyl (C=O) groups excluding carboxylic acids is 4. The summed E-state index contributed by atoms with van der Waals surface area (Å²) >= 11 is 0.714. The molecule has 0 unspecified atom stereocenters. The smallest absolute Gasteiger partial charge is 0.471 e. The Kier molecular flexibility index (Phi) is 12.4. The van der Waals surface area contributed by atoms with Crippen LogP contribution in [0.2, 0.25) is 0 Å². The first-order valence-corrected chi connectivity index (χ1v) is 17.0. The van der Waals surface area contributed by atoms with Gasteiger partial charge in [-0.25, -0.2) is 15.1 Å². The number of likely N-dealkylation sites (tertiary alicyclic amines) is 1. The largest absolute Gasteiger partial charge is 0.494 e. The molecule has 0 atom stereocenters. The minimum Gasteiger partial charge on any atom is -0.494 e. The number of benzene rings is 1. The fourth-order valence-electron chi connectivity index (χ4n) is 4.94. The molecule has 1 fully saturated rings. The molecule has 0 spiro atoms. The molecular weight excluding hydrogens is 699 g/mol. The molecule has 19 heteroatoms. The summed E-state index contributed by atoms with van der Waals surface area (Å²) in [7, 11) is 0. The van der Waals surface area contributed by atoms with Crippen LogP contribution in [0.3, 0.4) is 0 Å². The second-order valence-corrected chi connectivity index (χ2v) is 14.8. The van der Waals surface area contributed by atoms with Crippen molar-refractivity contribution < 1.29 is 51.5 Å². The fraction of sp³-hybridized carbons (Fsp3) is 0.562. The van der Waals surface area contributed by atoms with Crippen molar-refractivity contribution in [2.75, 3.05) is 25.0 Å². The first-order valence-electron chi connectivity index (χ1n) is 16.2. The molecule has 3 N–H and O–H groups in total. The highest BCUT2D eigenvalue weighted by Gasteiger charge is 2.43. The van der Waals surface area contributed by atoms with E-state index in [4.69, 9.17) is 19.1 Å². The van der Waals surface area contributed by atoms with Gasteiger partial charge in [0.1, 0.15) is 17.0 Å². The van der Waals surface area contributed by atoms with E-state index in [1.54, 1.807) is 55.3 Å². The van der Waals surface area contributed by atoms with Gasteiger partial charge in [0.2, 0.25) is 11.0 Å². The van der Waals surface area contributed by atoms with Gasteiger partial charge in [-0.1, -0.05) is 23.5 Å². The molecule has 2 aliphatic rings. The number of amides is 4. The van der Waals surface area contributed by atoms with Crippen LogP contribution >= 0.6 is 11.3 Å². The predicted octanol–water partition coefficient (Wildman–Crippen LogP) is 5.52. The molecule has 0 saturated carbocycles. The third kappa shape index (κ3) is 12.0. The average molecular weight is 742 g/mol. The summed E-state index contributed by atoms with van der Waals surface area (Å²) in [6.07, 6.45) is -3.12. The van der Waals surface area contributed by atoms with Crippen LogP contribution in [0.25, 0.3) is 5.70 Å². The summed E-state index contributed by atoms with van der Waals surface area (Å²) in [5, 5.41) is 12.2. The monoisotopic (exact) mass is 741 g/mol. The van der Waals surface area contributed by atoms with E-state index < -0.39 is 46.8 Å². The van der Waals surface area contributed by atoms with Crippen LogP contribution in [0.15, 0.2) is 30.1 Å². The number of alkyl halides is 3. The number of nitrogens with zero attached hydrogens (tertiary/aromatic N) is 4. The van der Waals surface area contributed by atoms with Crippen LogP contribution < -0.4 is 20.9 Å². The Bertz CT molecular complexity index is 1610. The molecule has 0 radical (unpaired) electrons. The normalized spacial score (nSPS) is 15.7.